The molecule has 1 aromatic carbocycles. The van der Waals surface area contributed by atoms with Crippen LogP contribution in [-0.4, -0.2) is 14.5 Å². The molecule has 0 radical (unpaired) electrons. The molecule has 0 spiro atoms. The first kappa shape index (κ1) is 17.3. The lowest BCUT2D eigenvalue weighted by Gasteiger charge is -2.32. The van der Waals surface area contributed by atoms with Crippen LogP contribution < -0.4 is 0 Å². The third-order valence-corrected chi connectivity index (χ3v) is 6.02. The molecule has 1 saturated carbocycles. The van der Waals surface area contributed by atoms with Crippen molar-refractivity contribution in [3.8, 4) is 11.4 Å². The second-order valence-electron chi connectivity index (χ2n) is 7.34. The van der Waals surface area contributed by atoms with Crippen LogP contribution in [-0.2, 0) is 12.8 Å². The Morgan fingerprint density at radius 3 is 2.65 bits per heavy atom. The first-order valence-corrected chi connectivity index (χ1v) is 9.95. The van der Waals surface area contributed by atoms with E-state index in [1.165, 1.54) is 49.4 Å². The van der Waals surface area contributed by atoms with Crippen molar-refractivity contribution in [2.75, 3.05) is 0 Å². The summed E-state index contributed by atoms with van der Waals surface area (Å²) < 4.78 is 3.07. The van der Waals surface area contributed by atoms with Gasteiger partial charge in [-0.2, -0.15) is 0 Å². The van der Waals surface area contributed by atoms with E-state index in [1.54, 1.807) is 12.1 Å². The maximum absolute atomic E-state index is 11.2. The van der Waals surface area contributed by atoms with Gasteiger partial charge in [-0.15, -0.1) is 0 Å². The van der Waals surface area contributed by atoms with Crippen molar-refractivity contribution in [2.24, 2.45) is 0 Å². The monoisotopic (exact) mass is 369 g/mol. The maximum atomic E-state index is 11.2. The zero-order chi connectivity index (χ0) is 18.1. The van der Waals surface area contributed by atoms with Gasteiger partial charge < -0.3 is 4.57 Å². The smallest absolute Gasteiger partial charge is 0.270 e. The normalized spacial score (nSPS) is 17.7. The minimum atomic E-state index is -0.346. The fraction of sp³-hybridized carbons (Fsp3) is 0.500. The van der Waals surface area contributed by atoms with Crippen molar-refractivity contribution in [2.45, 2.75) is 63.8 Å². The van der Waals surface area contributed by atoms with Crippen LogP contribution in [0.2, 0.25) is 0 Å². The highest BCUT2D eigenvalue weighted by Crippen LogP contribution is 2.36. The molecule has 0 atom stereocenters. The Labute approximate surface area is 158 Å². The van der Waals surface area contributed by atoms with Crippen molar-refractivity contribution in [3.05, 3.63) is 50.3 Å². The van der Waals surface area contributed by atoms with Gasteiger partial charge in [-0.1, -0.05) is 43.6 Å². The van der Waals surface area contributed by atoms with Gasteiger partial charge in [0.25, 0.3) is 5.69 Å². The lowest BCUT2D eigenvalue weighted by Crippen LogP contribution is -2.23. The first-order chi connectivity index (χ1) is 12.6. The van der Waals surface area contributed by atoms with E-state index in [1.807, 2.05) is 6.07 Å². The van der Waals surface area contributed by atoms with Crippen molar-refractivity contribution < 1.29 is 4.92 Å². The summed E-state index contributed by atoms with van der Waals surface area (Å²) in [6.45, 7) is 0. The maximum Gasteiger partial charge on any atom is 0.270 e. The van der Waals surface area contributed by atoms with Crippen LogP contribution in [0.5, 0.6) is 0 Å². The van der Waals surface area contributed by atoms with Crippen molar-refractivity contribution in [1.82, 2.24) is 9.55 Å². The second-order valence-corrected chi connectivity index (χ2v) is 7.73. The van der Waals surface area contributed by atoms with Crippen molar-refractivity contribution >= 4 is 17.9 Å². The van der Waals surface area contributed by atoms with E-state index in [2.05, 4.69) is 4.57 Å². The van der Waals surface area contributed by atoms with Crippen LogP contribution in [0, 0.1) is 14.8 Å². The molecule has 0 bridgehead atoms. The zero-order valence-corrected chi connectivity index (χ0v) is 15.6. The van der Waals surface area contributed by atoms with Gasteiger partial charge in [0.1, 0.15) is 10.5 Å². The summed E-state index contributed by atoms with van der Waals surface area (Å²) >= 11 is 5.61. The van der Waals surface area contributed by atoms with Crippen LogP contribution in [0.15, 0.2) is 24.3 Å². The number of benzene rings is 1. The quantitative estimate of drug-likeness (QED) is 0.403. The number of hydrogen-bond donors (Lipinski definition) is 0. The van der Waals surface area contributed by atoms with E-state index in [-0.39, 0.29) is 10.6 Å². The van der Waals surface area contributed by atoms with E-state index in [4.69, 9.17) is 17.2 Å². The summed E-state index contributed by atoms with van der Waals surface area (Å²) in [5.41, 5.74) is 3.45. The fourth-order valence-electron chi connectivity index (χ4n) is 4.43. The third kappa shape index (κ3) is 3.18. The Morgan fingerprint density at radius 1 is 1.12 bits per heavy atom. The number of fused-ring (bicyclic) bond motifs is 1. The Kier molecular flexibility index (Phi) is 4.85. The van der Waals surface area contributed by atoms with Crippen LogP contribution in [0.3, 0.4) is 0 Å². The fourth-order valence-corrected chi connectivity index (χ4v) is 4.73. The minimum absolute atomic E-state index is 0.100. The van der Waals surface area contributed by atoms with Crippen LogP contribution in [0.1, 0.15) is 62.2 Å². The molecular weight excluding hydrogens is 346 g/mol. The molecule has 2 aliphatic rings. The molecule has 0 amide bonds. The first-order valence-electron chi connectivity index (χ1n) is 9.54. The molecule has 4 rings (SSSR count). The van der Waals surface area contributed by atoms with Gasteiger partial charge >= 0.3 is 0 Å². The SMILES string of the molecule is O=[N+]([O-])c1cccc(-c2nc(=S)c3c(n2C2CCCCC2)CCCC3)c1. The molecule has 0 N–H and O–H groups in total. The number of nitrogens with zero attached hydrogens (tertiary/aromatic N) is 3. The average molecular weight is 369 g/mol. The highest BCUT2D eigenvalue weighted by Gasteiger charge is 2.26. The van der Waals surface area contributed by atoms with Gasteiger partial charge in [0.05, 0.1) is 4.92 Å². The zero-order valence-electron chi connectivity index (χ0n) is 14.8. The summed E-state index contributed by atoms with van der Waals surface area (Å²) in [6, 6.07) is 7.24. The Hall–Kier alpha value is -2.08. The molecule has 0 aliphatic heterocycles. The van der Waals surface area contributed by atoms with E-state index < -0.39 is 0 Å². The van der Waals surface area contributed by atoms with E-state index in [0.29, 0.717) is 10.7 Å². The predicted octanol–water partition coefficient (Wildman–Crippen LogP) is 5.57. The predicted molar refractivity (Wildman–Crippen MR) is 104 cm³/mol. The van der Waals surface area contributed by atoms with Gasteiger partial charge in [0.15, 0.2) is 0 Å². The Bertz CT molecular complexity index is 900. The van der Waals surface area contributed by atoms with Crippen molar-refractivity contribution in [1.29, 1.82) is 0 Å². The van der Waals surface area contributed by atoms with Gasteiger partial charge in [-0.3, -0.25) is 10.1 Å². The largest absolute Gasteiger partial charge is 0.326 e. The minimum Gasteiger partial charge on any atom is -0.326 e. The van der Waals surface area contributed by atoms with Crippen LogP contribution in [0.4, 0.5) is 5.69 Å². The van der Waals surface area contributed by atoms with Gasteiger partial charge in [-0.25, -0.2) is 4.98 Å². The lowest BCUT2D eigenvalue weighted by atomic mass is 9.91. The number of nitro benzene ring substituents is 1. The van der Waals surface area contributed by atoms with Gasteiger partial charge in [-0.05, 0) is 38.5 Å². The number of rotatable bonds is 3. The molecule has 5 nitrogen and oxygen atoms in total. The second kappa shape index (κ2) is 7.27. The molecule has 0 unspecified atom stereocenters. The molecule has 136 valence electrons. The molecule has 1 aromatic heterocycles. The average Bonchev–Trinajstić information content (AvgIpc) is 2.68. The standard InChI is InChI=1S/C20H23N3O2S/c24-23(25)16-10-6-7-14(13-16)19-21-20(26)17-11-4-5-12-18(17)22(19)15-8-2-1-3-9-15/h6-7,10,13,15H,1-5,8-9,11-12H2. The third-order valence-electron chi connectivity index (χ3n) is 5.68. The van der Waals surface area contributed by atoms with E-state index >= 15 is 0 Å². The van der Waals surface area contributed by atoms with E-state index in [0.717, 1.165) is 37.1 Å². The summed E-state index contributed by atoms with van der Waals surface area (Å²) in [5, 5.41) is 11.2. The highest BCUT2D eigenvalue weighted by atomic mass is 32.1. The molecule has 0 saturated heterocycles. The molecular formula is C20H23N3O2S. The van der Waals surface area contributed by atoms with Crippen molar-refractivity contribution in [3.63, 3.8) is 0 Å². The van der Waals surface area contributed by atoms with Gasteiger partial charge in [0.2, 0.25) is 0 Å². The molecule has 1 fully saturated rings. The molecule has 2 aliphatic carbocycles. The molecule has 1 heterocycles. The molecule has 26 heavy (non-hydrogen) atoms. The Morgan fingerprint density at radius 2 is 1.88 bits per heavy atom. The number of nitro groups is 1. The number of hydrogen-bond acceptors (Lipinski definition) is 4. The van der Waals surface area contributed by atoms with Gasteiger partial charge in [0, 0.05) is 35.0 Å². The molecule has 6 heteroatoms. The summed E-state index contributed by atoms with van der Waals surface area (Å²) in [7, 11) is 0. The summed E-state index contributed by atoms with van der Waals surface area (Å²) in [6.07, 6.45) is 10.4. The Balaban J connectivity index is 1.93. The summed E-state index contributed by atoms with van der Waals surface area (Å²) in [5.74, 6) is 0.811. The lowest BCUT2D eigenvalue weighted by molar-refractivity contribution is -0.384. The number of non-ortho nitro benzene ring substituents is 1. The molecule has 2 aromatic rings. The van der Waals surface area contributed by atoms with Crippen LogP contribution in [0.25, 0.3) is 11.4 Å². The van der Waals surface area contributed by atoms with E-state index in [9.17, 15) is 10.1 Å². The van der Waals surface area contributed by atoms with Crippen LogP contribution >= 0.6 is 12.2 Å². The summed E-state index contributed by atoms with van der Waals surface area (Å²) in [4.78, 5) is 15.7. The topological polar surface area (TPSA) is 61.0 Å². The number of aromatic nitrogens is 2. The highest BCUT2D eigenvalue weighted by molar-refractivity contribution is 7.71.